The number of primary amides is 2. The molecule has 0 aliphatic rings. The van der Waals surface area contributed by atoms with Gasteiger partial charge in [-0.05, 0) is 25.3 Å². The fraction of sp³-hybridized carbons (Fsp3) is 0.875. The standard InChI is InChI=1S/C16H33N3O3/c1-13(2)8-5-3-4-6-10-22-11-7-9-19-14(16(18)21)12-15(17)20/h13-14,19H,3-12H2,1-2H3,(H2,17,20)(H2,18,21)/t14-/m0/s1. The molecule has 5 N–H and O–H groups in total. The van der Waals surface area contributed by atoms with Crippen LogP contribution in [0.1, 0.15) is 58.8 Å². The number of amides is 2. The van der Waals surface area contributed by atoms with Gasteiger partial charge in [-0.15, -0.1) is 0 Å². The molecule has 0 aromatic carbocycles. The number of nitrogens with two attached hydrogens (primary N) is 2. The van der Waals surface area contributed by atoms with Crippen LogP contribution in [-0.2, 0) is 14.3 Å². The molecule has 0 saturated carbocycles. The molecule has 6 nitrogen and oxygen atoms in total. The monoisotopic (exact) mass is 315 g/mol. The lowest BCUT2D eigenvalue weighted by Crippen LogP contribution is -2.44. The predicted molar refractivity (Wildman–Crippen MR) is 88.2 cm³/mol. The van der Waals surface area contributed by atoms with Crippen LogP contribution in [0.25, 0.3) is 0 Å². The van der Waals surface area contributed by atoms with Gasteiger partial charge in [0.1, 0.15) is 0 Å². The lowest BCUT2D eigenvalue weighted by molar-refractivity contribution is -0.125. The Morgan fingerprint density at radius 1 is 1.00 bits per heavy atom. The Morgan fingerprint density at radius 3 is 2.23 bits per heavy atom. The quantitative estimate of drug-likeness (QED) is 0.396. The second-order valence-corrected chi connectivity index (χ2v) is 6.14. The van der Waals surface area contributed by atoms with Crippen LogP contribution in [0.2, 0.25) is 0 Å². The van der Waals surface area contributed by atoms with E-state index in [2.05, 4.69) is 19.2 Å². The minimum atomic E-state index is -0.682. The summed E-state index contributed by atoms with van der Waals surface area (Å²) in [6.45, 7) is 6.51. The minimum absolute atomic E-state index is 0.0629. The van der Waals surface area contributed by atoms with Gasteiger partial charge in [-0.3, -0.25) is 9.59 Å². The van der Waals surface area contributed by atoms with Crippen LogP contribution in [0.3, 0.4) is 0 Å². The first-order chi connectivity index (χ1) is 10.4. The van der Waals surface area contributed by atoms with E-state index in [1.165, 1.54) is 25.7 Å². The lowest BCUT2D eigenvalue weighted by Gasteiger charge is -2.13. The number of hydrogen-bond donors (Lipinski definition) is 3. The highest BCUT2D eigenvalue weighted by Gasteiger charge is 2.16. The van der Waals surface area contributed by atoms with E-state index in [4.69, 9.17) is 16.2 Å². The minimum Gasteiger partial charge on any atom is -0.381 e. The van der Waals surface area contributed by atoms with Gasteiger partial charge in [0.2, 0.25) is 11.8 Å². The molecule has 130 valence electrons. The van der Waals surface area contributed by atoms with Crippen molar-refractivity contribution in [2.45, 2.75) is 64.8 Å². The highest BCUT2D eigenvalue weighted by molar-refractivity contribution is 5.86. The first kappa shape index (κ1) is 20.9. The van der Waals surface area contributed by atoms with Crippen LogP contribution in [-0.4, -0.2) is 37.6 Å². The van der Waals surface area contributed by atoms with Gasteiger partial charge in [0, 0.05) is 13.2 Å². The van der Waals surface area contributed by atoms with Crippen LogP contribution in [0.15, 0.2) is 0 Å². The lowest BCUT2D eigenvalue weighted by atomic mass is 10.0. The van der Waals surface area contributed by atoms with Crippen LogP contribution in [0.4, 0.5) is 0 Å². The summed E-state index contributed by atoms with van der Waals surface area (Å²) >= 11 is 0. The Kier molecular flexibility index (Phi) is 12.8. The number of carbonyl (C=O) groups excluding carboxylic acids is 2. The molecule has 0 unspecified atom stereocenters. The zero-order valence-electron chi connectivity index (χ0n) is 14.1. The number of nitrogens with one attached hydrogen (secondary N) is 1. The SMILES string of the molecule is CC(C)CCCCCCOCCCN[C@@H](CC(N)=O)C(N)=O. The number of unbranched alkanes of at least 4 members (excludes halogenated alkanes) is 3. The molecule has 0 saturated heterocycles. The molecule has 1 atom stereocenters. The smallest absolute Gasteiger partial charge is 0.235 e. The third-order valence-corrected chi connectivity index (χ3v) is 3.43. The first-order valence-corrected chi connectivity index (χ1v) is 8.32. The molecule has 0 aliphatic carbocycles. The molecule has 0 aromatic rings. The number of hydrogen-bond acceptors (Lipinski definition) is 4. The van der Waals surface area contributed by atoms with E-state index in [0.29, 0.717) is 13.2 Å². The van der Waals surface area contributed by atoms with E-state index in [-0.39, 0.29) is 6.42 Å². The van der Waals surface area contributed by atoms with E-state index < -0.39 is 17.9 Å². The second-order valence-electron chi connectivity index (χ2n) is 6.14. The zero-order chi connectivity index (χ0) is 16.8. The highest BCUT2D eigenvalue weighted by atomic mass is 16.5. The van der Waals surface area contributed by atoms with E-state index in [9.17, 15) is 9.59 Å². The third kappa shape index (κ3) is 13.8. The van der Waals surface area contributed by atoms with Gasteiger partial charge in [-0.1, -0.05) is 39.5 Å². The maximum absolute atomic E-state index is 11.1. The Balaban J connectivity index is 3.38. The third-order valence-electron chi connectivity index (χ3n) is 3.43. The summed E-state index contributed by atoms with van der Waals surface area (Å²) in [6, 6.07) is -0.682. The molecule has 0 aromatic heterocycles. The summed E-state index contributed by atoms with van der Waals surface area (Å²) in [5, 5.41) is 2.92. The summed E-state index contributed by atoms with van der Waals surface area (Å²) < 4.78 is 5.54. The maximum atomic E-state index is 11.1. The van der Waals surface area contributed by atoms with Gasteiger partial charge in [0.15, 0.2) is 0 Å². The van der Waals surface area contributed by atoms with Gasteiger partial charge >= 0.3 is 0 Å². The van der Waals surface area contributed by atoms with Crippen molar-refractivity contribution in [1.82, 2.24) is 5.32 Å². The fourth-order valence-electron chi connectivity index (χ4n) is 2.14. The molecule has 0 rings (SSSR count). The van der Waals surface area contributed by atoms with Gasteiger partial charge < -0.3 is 21.5 Å². The van der Waals surface area contributed by atoms with Crippen molar-refractivity contribution in [3.63, 3.8) is 0 Å². The Labute approximate surface area is 134 Å². The van der Waals surface area contributed by atoms with Gasteiger partial charge in [0.25, 0.3) is 0 Å². The molecular weight excluding hydrogens is 282 g/mol. The van der Waals surface area contributed by atoms with Crippen molar-refractivity contribution in [2.75, 3.05) is 19.8 Å². The van der Waals surface area contributed by atoms with Crippen LogP contribution >= 0.6 is 0 Å². The topological polar surface area (TPSA) is 107 Å². The Hall–Kier alpha value is -1.14. The van der Waals surface area contributed by atoms with Crippen molar-refractivity contribution in [3.05, 3.63) is 0 Å². The summed E-state index contributed by atoms with van der Waals surface area (Å²) in [5.41, 5.74) is 10.2. The van der Waals surface area contributed by atoms with E-state index in [0.717, 1.165) is 25.4 Å². The molecule has 0 heterocycles. The number of ether oxygens (including phenoxy) is 1. The fourth-order valence-corrected chi connectivity index (χ4v) is 2.14. The van der Waals surface area contributed by atoms with Crippen molar-refractivity contribution >= 4 is 11.8 Å². The van der Waals surface area contributed by atoms with Gasteiger partial charge in [-0.2, -0.15) is 0 Å². The van der Waals surface area contributed by atoms with Crippen molar-refractivity contribution in [3.8, 4) is 0 Å². The first-order valence-electron chi connectivity index (χ1n) is 8.32. The molecule has 2 amide bonds. The molecule has 0 bridgehead atoms. The highest BCUT2D eigenvalue weighted by Crippen LogP contribution is 2.09. The molecule has 0 spiro atoms. The Bertz CT molecular complexity index is 309. The summed E-state index contributed by atoms with van der Waals surface area (Å²) in [7, 11) is 0. The average molecular weight is 315 g/mol. The van der Waals surface area contributed by atoms with E-state index >= 15 is 0 Å². The maximum Gasteiger partial charge on any atom is 0.235 e. The van der Waals surface area contributed by atoms with Crippen LogP contribution in [0.5, 0.6) is 0 Å². The molecular formula is C16H33N3O3. The van der Waals surface area contributed by atoms with Gasteiger partial charge in [0.05, 0.1) is 12.5 Å². The Morgan fingerprint density at radius 2 is 1.64 bits per heavy atom. The summed E-state index contributed by atoms with van der Waals surface area (Å²) in [6.07, 6.45) is 6.90. The largest absolute Gasteiger partial charge is 0.381 e. The molecule has 0 fully saturated rings. The molecule has 0 aliphatic heterocycles. The van der Waals surface area contributed by atoms with Crippen LogP contribution in [0, 0.1) is 5.92 Å². The molecule has 6 heteroatoms. The summed E-state index contributed by atoms with van der Waals surface area (Å²) in [4.78, 5) is 21.9. The van der Waals surface area contributed by atoms with E-state index in [1.807, 2.05) is 0 Å². The number of rotatable bonds is 15. The summed E-state index contributed by atoms with van der Waals surface area (Å²) in [5.74, 6) is -0.298. The zero-order valence-corrected chi connectivity index (χ0v) is 14.1. The molecule has 22 heavy (non-hydrogen) atoms. The van der Waals surface area contributed by atoms with Crippen molar-refractivity contribution < 1.29 is 14.3 Å². The normalized spacial score (nSPS) is 12.5. The van der Waals surface area contributed by atoms with E-state index in [1.54, 1.807) is 0 Å². The number of carbonyl (C=O) groups is 2. The van der Waals surface area contributed by atoms with Gasteiger partial charge in [-0.25, -0.2) is 0 Å². The molecule has 0 radical (unpaired) electrons. The average Bonchev–Trinajstić information content (AvgIpc) is 2.42. The predicted octanol–water partition coefficient (Wildman–Crippen LogP) is 1.32. The van der Waals surface area contributed by atoms with Crippen molar-refractivity contribution in [1.29, 1.82) is 0 Å². The van der Waals surface area contributed by atoms with Crippen molar-refractivity contribution in [2.24, 2.45) is 17.4 Å². The van der Waals surface area contributed by atoms with Crippen LogP contribution < -0.4 is 16.8 Å². The second kappa shape index (κ2) is 13.5.